The predicted molar refractivity (Wildman–Crippen MR) is 109 cm³/mol. The Labute approximate surface area is 185 Å². The van der Waals surface area contributed by atoms with Gasteiger partial charge in [0.25, 0.3) is 0 Å². The third-order valence-electron chi connectivity index (χ3n) is 4.57. The molecule has 184 valence electrons. The van der Waals surface area contributed by atoms with Crippen molar-refractivity contribution in [2.24, 2.45) is 0 Å². The number of Topliss-reactive ketones (excluding diaryl/α,β-unsaturated/α-hetero) is 1. The van der Waals surface area contributed by atoms with Crippen molar-refractivity contribution in [1.29, 1.82) is 0 Å². The molecular formula is C19H33N3O10. The minimum Gasteiger partial charge on any atom is -0.480 e. The number of aliphatic carboxylic acids is 4. The van der Waals surface area contributed by atoms with Crippen molar-refractivity contribution >= 4 is 29.7 Å². The summed E-state index contributed by atoms with van der Waals surface area (Å²) in [5.74, 6) is -4.68. The molecule has 0 saturated carbocycles. The highest BCUT2D eigenvalue weighted by molar-refractivity contribution is 5.81. The number of hydroxylamine groups is 2. The Morgan fingerprint density at radius 1 is 0.719 bits per heavy atom. The maximum absolute atomic E-state index is 11.3. The third kappa shape index (κ3) is 11.7. The number of ketones is 1. The molecule has 13 nitrogen and oxygen atoms in total. The highest BCUT2D eigenvalue weighted by Gasteiger charge is 2.44. The lowest BCUT2D eigenvalue weighted by Crippen LogP contribution is -2.59. The van der Waals surface area contributed by atoms with Gasteiger partial charge in [0.15, 0.2) is 0 Å². The van der Waals surface area contributed by atoms with Crippen LogP contribution >= 0.6 is 0 Å². The van der Waals surface area contributed by atoms with E-state index in [1.807, 2.05) is 27.7 Å². The fraction of sp³-hybridized carbons (Fsp3) is 0.737. The summed E-state index contributed by atoms with van der Waals surface area (Å²) in [5, 5.41) is 45.5. The van der Waals surface area contributed by atoms with Gasteiger partial charge >= 0.3 is 23.9 Å². The van der Waals surface area contributed by atoms with Crippen LogP contribution in [-0.2, 0) is 24.0 Å². The van der Waals surface area contributed by atoms with E-state index in [9.17, 15) is 29.2 Å². The van der Waals surface area contributed by atoms with Crippen molar-refractivity contribution in [2.75, 3.05) is 39.3 Å². The predicted octanol–water partition coefficient (Wildman–Crippen LogP) is -0.473. The van der Waals surface area contributed by atoms with Gasteiger partial charge in [0.2, 0.25) is 0 Å². The second-order valence-electron chi connectivity index (χ2n) is 8.83. The molecule has 1 heterocycles. The fourth-order valence-corrected chi connectivity index (χ4v) is 3.47. The second-order valence-corrected chi connectivity index (χ2v) is 8.83. The van der Waals surface area contributed by atoms with Crippen molar-refractivity contribution in [1.82, 2.24) is 14.9 Å². The summed E-state index contributed by atoms with van der Waals surface area (Å²) in [6, 6.07) is 0. The van der Waals surface area contributed by atoms with Gasteiger partial charge in [-0.3, -0.25) is 33.8 Å². The van der Waals surface area contributed by atoms with Crippen LogP contribution in [0.5, 0.6) is 0 Å². The Bertz CT molecular complexity index is 619. The summed E-state index contributed by atoms with van der Waals surface area (Å²) in [5.41, 5.74) is -0.836. The van der Waals surface area contributed by atoms with Crippen LogP contribution in [0.15, 0.2) is 0 Å². The monoisotopic (exact) mass is 463 g/mol. The summed E-state index contributed by atoms with van der Waals surface area (Å²) < 4.78 is 0. The zero-order chi connectivity index (χ0) is 25.3. The van der Waals surface area contributed by atoms with E-state index in [1.54, 1.807) is 0 Å². The van der Waals surface area contributed by atoms with Gasteiger partial charge in [-0.15, -0.1) is 0 Å². The molecule has 1 aliphatic heterocycles. The molecule has 1 aliphatic rings. The lowest BCUT2D eigenvalue weighted by Gasteiger charge is -2.47. The first-order chi connectivity index (χ1) is 14.5. The number of piperidine rings is 1. The topological polar surface area (TPSA) is 196 Å². The number of nitrogens with zero attached hydrogens (tertiary/aromatic N) is 3. The van der Waals surface area contributed by atoms with E-state index >= 15 is 0 Å². The molecule has 13 heteroatoms. The summed E-state index contributed by atoms with van der Waals surface area (Å²) in [7, 11) is 0. The Hall–Kier alpha value is -2.61. The van der Waals surface area contributed by atoms with E-state index < -0.39 is 61.1 Å². The van der Waals surface area contributed by atoms with E-state index in [2.05, 4.69) is 0 Å². The van der Waals surface area contributed by atoms with Crippen LogP contribution in [0.3, 0.4) is 0 Å². The van der Waals surface area contributed by atoms with E-state index in [0.717, 1.165) is 9.80 Å². The van der Waals surface area contributed by atoms with Crippen LogP contribution in [-0.4, -0.2) is 121 Å². The zero-order valence-corrected chi connectivity index (χ0v) is 18.8. The average Bonchev–Trinajstić information content (AvgIpc) is 2.55. The Morgan fingerprint density at radius 2 is 0.969 bits per heavy atom. The molecule has 1 saturated heterocycles. The van der Waals surface area contributed by atoms with Crippen LogP contribution < -0.4 is 0 Å². The number of carbonyl (C=O) groups excluding carboxylic acids is 1. The third-order valence-corrected chi connectivity index (χ3v) is 4.57. The molecular weight excluding hydrogens is 430 g/mol. The van der Waals surface area contributed by atoms with Gasteiger partial charge in [-0.25, -0.2) is 0 Å². The number of hydrogen-bond acceptors (Lipinski definition) is 9. The largest absolute Gasteiger partial charge is 0.480 e. The molecule has 1 rings (SSSR count). The fourth-order valence-electron chi connectivity index (χ4n) is 3.47. The Morgan fingerprint density at radius 3 is 1.19 bits per heavy atom. The molecule has 0 aliphatic carbocycles. The summed E-state index contributed by atoms with van der Waals surface area (Å²) >= 11 is 0. The van der Waals surface area contributed by atoms with E-state index in [-0.39, 0.29) is 18.9 Å². The molecule has 0 unspecified atom stereocenters. The lowest BCUT2D eigenvalue weighted by molar-refractivity contribution is -0.236. The Balaban J connectivity index is 0.000000677. The van der Waals surface area contributed by atoms with Crippen LogP contribution in [0, 0.1) is 0 Å². The number of hydrogen-bond donors (Lipinski definition) is 5. The molecule has 5 N–H and O–H groups in total. The van der Waals surface area contributed by atoms with E-state index in [1.165, 1.54) is 5.06 Å². The highest BCUT2D eigenvalue weighted by atomic mass is 16.5. The second kappa shape index (κ2) is 12.4. The van der Waals surface area contributed by atoms with Gasteiger partial charge in [-0.2, -0.15) is 5.06 Å². The molecule has 0 aromatic rings. The molecule has 1 fully saturated rings. The number of rotatable bonds is 11. The van der Waals surface area contributed by atoms with Crippen molar-refractivity contribution in [3.63, 3.8) is 0 Å². The molecule has 0 aromatic heterocycles. The molecule has 0 atom stereocenters. The molecule has 32 heavy (non-hydrogen) atoms. The number of carboxylic acids is 4. The molecule has 0 radical (unpaired) electrons. The van der Waals surface area contributed by atoms with Crippen LogP contribution in [0.4, 0.5) is 0 Å². The minimum atomic E-state index is -1.23. The summed E-state index contributed by atoms with van der Waals surface area (Å²) in [6.45, 7) is 5.27. The highest BCUT2D eigenvalue weighted by Crippen LogP contribution is 2.34. The van der Waals surface area contributed by atoms with Gasteiger partial charge in [0.05, 0.1) is 26.2 Å². The summed E-state index contributed by atoms with van der Waals surface area (Å²) in [4.78, 5) is 55.7. The maximum atomic E-state index is 11.3. The SMILES string of the molecule is CC1(C)CC(=O)CC(C)(C)N1O.O=C(O)CN(CCN(CC(=O)O)CC(=O)O)CC(=O)O. The van der Waals surface area contributed by atoms with Crippen LogP contribution in [0.2, 0.25) is 0 Å². The average molecular weight is 463 g/mol. The zero-order valence-electron chi connectivity index (χ0n) is 18.8. The van der Waals surface area contributed by atoms with Crippen molar-refractivity contribution in [3.05, 3.63) is 0 Å². The molecule has 0 amide bonds. The van der Waals surface area contributed by atoms with Crippen LogP contribution in [0.25, 0.3) is 0 Å². The van der Waals surface area contributed by atoms with Crippen molar-refractivity contribution in [2.45, 2.75) is 51.6 Å². The maximum Gasteiger partial charge on any atom is 0.317 e. The normalized spacial score (nSPS) is 17.5. The Kier molecular flexibility index (Phi) is 11.4. The van der Waals surface area contributed by atoms with Gasteiger partial charge in [-0.1, -0.05) is 0 Å². The standard InChI is InChI=1S/C10H16N2O8.C9H17NO2/c13-7(14)3-11(4-8(15)16)1-2-12(5-9(17)18)6-10(19)20;1-8(2)5-7(11)6-9(3,4)10(8)12/h1-6H2,(H,13,14)(H,15,16)(H,17,18)(H,19,20);12H,5-6H2,1-4H3. The number of carboxylic acid groups (broad SMARTS) is 4. The van der Waals surface area contributed by atoms with Gasteiger partial charge in [-0.05, 0) is 27.7 Å². The van der Waals surface area contributed by atoms with Gasteiger partial charge < -0.3 is 25.6 Å². The molecule has 0 aromatic carbocycles. The summed E-state index contributed by atoms with van der Waals surface area (Å²) in [6.07, 6.45) is 0.875. The smallest absolute Gasteiger partial charge is 0.317 e. The molecule has 0 bridgehead atoms. The van der Waals surface area contributed by atoms with Gasteiger partial charge in [0, 0.05) is 37.0 Å². The first-order valence-electron chi connectivity index (χ1n) is 9.79. The first kappa shape index (κ1) is 29.4. The van der Waals surface area contributed by atoms with Crippen molar-refractivity contribution in [3.8, 4) is 0 Å². The lowest BCUT2D eigenvalue weighted by atomic mass is 9.81. The minimum absolute atomic E-state index is 0.0703. The number of carbonyl (C=O) groups is 5. The van der Waals surface area contributed by atoms with Crippen molar-refractivity contribution < 1.29 is 49.6 Å². The van der Waals surface area contributed by atoms with Crippen LogP contribution in [0.1, 0.15) is 40.5 Å². The molecule has 0 spiro atoms. The van der Waals surface area contributed by atoms with Gasteiger partial charge in [0.1, 0.15) is 5.78 Å². The van der Waals surface area contributed by atoms with E-state index in [4.69, 9.17) is 20.4 Å². The quantitative estimate of drug-likeness (QED) is 0.264. The first-order valence-corrected chi connectivity index (χ1v) is 9.79. The van der Waals surface area contributed by atoms with E-state index in [0.29, 0.717) is 12.8 Å².